The Morgan fingerprint density at radius 1 is 1.35 bits per heavy atom. The highest BCUT2D eigenvalue weighted by Crippen LogP contribution is 2.27. The van der Waals surface area contributed by atoms with E-state index >= 15 is 0 Å². The Balaban J connectivity index is 1.95. The van der Waals surface area contributed by atoms with Crippen molar-refractivity contribution in [3.8, 4) is 5.75 Å². The van der Waals surface area contributed by atoms with Crippen molar-refractivity contribution in [1.29, 1.82) is 0 Å². The molecule has 0 unspecified atom stereocenters. The van der Waals surface area contributed by atoms with Crippen LogP contribution in [0.1, 0.15) is 37.8 Å². The molecule has 0 spiro atoms. The number of rotatable bonds is 4. The molecule has 94 valence electrons. The van der Waals surface area contributed by atoms with Gasteiger partial charge in [0, 0.05) is 12.2 Å². The highest BCUT2D eigenvalue weighted by atomic mass is 16.5. The van der Waals surface area contributed by atoms with Gasteiger partial charge in [0.1, 0.15) is 0 Å². The molecule has 0 atom stereocenters. The van der Waals surface area contributed by atoms with E-state index in [1.807, 2.05) is 6.92 Å². The molecule has 1 aromatic rings. The summed E-state index contributed by atoms with van der Waals surface area (Å²) in [5.74, 6) is 1.66. The van der Waals surface area contributed by atoms with Crippen molar-refractivity contribution in [1.82, 2.24) is 4.98 Å². The van der Waals surface area contributed by atoms with E-state index in [9.17, 15) is 0 Å². The number of aromatic nitrogens is 1. The number of methoxy groups -OCH3 is 1. The molecule has 0 aliphatic heterocycles. The number of pyridine rings is 1. The second kappa shape index (κ2) is 5.89. The van der Waals surface area contributed by atoms with Gasteiger partial charge in [0.25, 0.3) is 0 Å². The summed E-state index contributed by atoms with van der Waals surface area (Å²) in [7, 11) is 1.69. The molecule has 1 saturated carbocycles. The van der Waals surface area contributed by atoms with Crippen molar-refractivity contribution in [3.05, 3.63) is 18.0 Å². The molecule has 1 aliphatic carbocycles. The van der Waals surface area contributed by atoms with Gasteiger partial charge >= 0.3 is 0 Å². The zero-order chi connectivity index (χ0) is 12.1. The van der Waals surface area contributed by atoms with E-state index in [4.69, 9.17) is 4.74 Å². The summed E-state index contributed by atoms with van der Waals surface area (Å²) in [6.45, 7) is 3.06. The molecule has 1 aromatic heterocycles. The lowest BCUT2D eigenvalue weighted by Gasteiger charge is -2.22. The maximum atomic E-state index is 5.32. The quantitative estimate of drug-likeness (QED) is 0.867. The number of anilines is 1. The Morgan fingerprint density at radius 3 is 2.82 bits per heavy atom. The third-order valence-electron chi connectivity index (χ3n) is 3.53. The summed E-state index contributed by atoms with van der Waals surface area (Å²) in [5.41, 5.74) is 2.10. The van der Waals surface area contributed by atoms with Crippen molar-refractivity contribution in [2.24, 2.45) is 5.92 Å². The molecule has 0 radical (unpaired) electrons. The summed E-state index contributed by atoms with van der Waals surface area (Å²) < 4.78 is 5.32. The molecule has 3 nitrogen and oxygen atoms in total. The van der Waals surface area contributed by atoms with Gasteiger partial charge < -0.3 is 10.1 Å². The first kappa shape index (κ1) is 12.2. The Labute approximate surface area is 104 Å². The van der Waals surface area contributed by atoms with Crippen molar-refractivity contribution >= 4 is 5.69 Å². The van der Waals surface area contributed by atoms with Gasteiger partial charge in [-0.05, 0) is 31.7 Å². The molecule has 17 heavy (non-hydrogen) atoms. The minimum Gasteiger partial charge on any atom is -0.493 e. The first-order valence-corrected chi connectivity index (χ1v) is 6.54. The maximum Gasteiger partial charge on any atom is 0.160 e. The summed E-state index contributed by atoms with van der Waals surface area (Å²) >= 11 is 0. The van der Waals surface area contributed by atoms with Crippen molar-refractivity contribution < 1.29 is 4.74 Å². The second-order valence-corrected chi connectivity index (χ2v) is 4.91. The maximum absolute atomic E-state index is 5.32. The van der Waals surface area contributed by atoms with Crippen LogP contribution in [0.3, 0.4) is 0 Å². The van der Waals surface area contributed by atoms with E-state index in [1.165, 1.54) is 32.1 Å². The number of hydrogen-bond acceptors (Lipinski definition) is 3. The van der Waals surface area contributed by atoms with Crippen LogP contribution in [-0.4, -0.2) is 18.6 Å². The lowest BCUT2D eigenvalue weighted by atomic mass is 9.89. The average Bonchev–Trinajstić information content (AvgIpc) is 2.38. The lowest BCUT2D eigenvalue weighted by Crippen LogP contribution is -2.17. The van der Waals surface area contributed by atoms with Crippen molar-refractivity contribution in [2.45, 2.75) is 39.0 Å². The van der Waals surface area contributed by atoms with Gasteiger partial charge in [0.05, 0.1) is 19.0 Å². The molecule has 0 amide bonds. The lowest BCUT2D eigenvalue weighted by molar-refractivity contribution is 0.372. The van der Waals surface area contributed by atoms with Crippen LogP contribution in [0.25, 0.3) is 0 Å². The Kier molecular flexibility index (Phi) is 4.24. The second-order valence-electron chi connectivity index (χ2n) is 4.91. The van der Waals surface area contributed by atoms with Crippen molar-refractivity contribution in [3.63, 3.8) is 0 Å². The fourth-order valence-electron chi connectivity index (χ4n) is 2.49. The fourth-order valence-corrected chi connectivity index (χ4v) is 2.49. The topological polar surface area (TPSA) is 34.1 Å². The Hall–Kier alpha value is -1.25. The molecule has 3 heteroatoms. The molecular weight excluding hydrogens is 212 g/mol. The van der Waals surface area contributed by atoms with Crippen LogP contribution in [0, 0.1) is 12.8 Å². The zero-order valence-corrected chi connectivity index (χ0v) is 10.8. The predicted octanol–water partition coefficient (Wildman–Crippen LogP) is 3.39. The minimum absolute atomic E-state index is 0.821. The van der Waals surface area contributed by atoms with Gasteiger partial charge in [-0.15, -0.1) is 0 Å². The summed E-state index contributed by atoms with van der Waals surface area (Å²) in [6.07, 6.45) is 8.70. The summed E-state index contributed by atoms with van der Waals surface area (Å²) in [6, 6.07) is 2.06. The largest absolute Gasteiger partial charge is 0.493 e. The van der Waals surface area contributed by atoms with Crippen LogP contribution in [0.4, 0.5) is 5.69 Å². The van der Waals surface area contributed by atoms with Gasteiger partial charge in [-0.25, -0.2) is 0 Å². The van der Waals surface area contributed by atoms with E-state index in [-0.39, 0.29) is 0 Å². The minimum atomic E-state index is 0.821. The van der Waals surface area contributed by atoms with Crippen LogP contribution in [0.15, 0.2) is 12.3 Å². The highest BCUT2D eigenvalue weighted by molar-refractivity contribution is 5.55. The summed E-state index contributed by atoms with van der Waals surface area (Å²) in [5, 5.41) is 3.51. The first-order valence-electron chi connectivity index (χ1n) is 6.54. The monoisotopic (exact) mass is 234 g/mol. The molecule has 0 aromatic carbocycles. The van der Waals surface area contributed by atoms with Crippen LogP contribution in [0.5, 0.6) is 5.75 Å². The number of hydrogen-bond donors (Lipinski definition) is 1. The highest BCUT2D eigenvalue weighted by Gasteiger charge is 2.13. The normalized spacial score (nSPS) is 16.8. The van der Waals surface area contributed by atoms with Crippen LogP contribution in [0.2, 0.25) is 0 Å². The standard InChI is InChI=1S/C14H22N2O/c1-11-8-13(14(17-2)10-15-11)16-9-12-6-4-3-5-7-12/h8,10,12H,3-7,9H2,1-2H3,(H,15,16). The van der Waals surface area contributed by atoms with E-state index in [0.717, 1.165) is 29.6 Å². The smallest absolute Gasteiger partial charge is 0.160 e. The molecule has 1 fully saturated rings. The number of nitrogens with one attached hydrogen (secondary N) is 1. The molecule has 2 rings (SSSR count). The number of ether oxygens (including phenoxy) is 1. The third-order valence-corrected chi connectivity index (χ3v) is 3.53. The fraction of sp³-hybridized carbons (Fsp3) is 0.643. The van der Waals surface area contributed by atoms with E-state index < -0.39 is 0 Å². The molecule has 0 saturated heterocycles. The SMILES string of the molecule is COc1cnc(C)cc1NCC1CCCCC1. The molecule has 1 heterocycles. The van der Waals surface area contributed by atoms with Gasteiger partial charge in [-0.3, -0.25) is 4.98 Å². The number of nitrogens with zero attached hydrogens (tertiary/aromatic N) is 1. The Morgan fingerprint density at radius 2 is 2.12 bits per heavy atom. The van der Waals surface area contributed by atoms with E-state index in [1.54, 1.807) is 13.3 Å². The third kappa shape index (κ3) is 3.35. The van der Waals surface area contributed by atoms with E-state index in [0.29, 0.717) is 0 Å². The van der Waals surface area contributed by atoms with Gasteiger partial charge in [-0.1, -0.05) is 19.3 Å². The molecular formula is C14H22N2O. The average molecular weight is 234 g/mol. The van der Waals surface area contributed by atoms with E-state index in [2.05, 4.69) is 16.4 Å². The van der Waals surface area contributed by atoms with Crippen LogP contribution in [-0.2, 0) is 0 Å². The molecule has 1 N–H and O–H groups in total. The van der Waals surface area contributed by atoms with Gasteiger partial charge in [0.2, 0.25) is 0 Å². The first-order chi connectivity index (χ1) is 8.29. The molecule has 0 bridgehead atoms. The molecule has 1 aliphatic rings. The summed E-state index contributed by atoms with van der Waals surface area (Å²) in [4.78, 5) is 4.24. The van der Waals surface area contributed by atoms with Gasteiger partial charge in [0.15, 0.2) is 5.75 Å². The van der Waals surface area contributed by atoms with Crippen LogP contribution >= 0.6 is 0 Å². The Bertz CT molecular complexity index is 359. The zero-order valence-electron chi connectivity index (χ0n) is 10.8. The number of aryl methyl sites for hydroxylation is 1. The van der Waals surface area contributed by atoms with Crippen molar-refractivity contribution in [2.75, 3.05) is 19.0 Å². The van der Waals surface area contributed by atoms with Gasteiger partial charge in [-0.2, -0.15) is 0 Å². The van der Waals surface area contributed by atoms with Crippen LogP contribution < -0.4 is 10.1 Å². The predicted molar refractivity (Wildman–Crippen MR) is 70.6 cm³/mol.